The number of aryl methyl sites for hydroxylation is 1. The van der Waals surface area contributed by atoms with Crippen molar-refractivity contribution in [3.63, 3.8) is 0 Å². The highest BCUT2D eigenvalue weighted by atomic mass is 32.2. The number of anilines is 1. The maximum atomic E-state index is 11.9. The molecule has 1 aromatic heterocycles. The third-order valence-corrected chi connectivity index (χ3v) is 6.49. The summed E-state index contributed by atoms with van der Waals surface area (Å²) in [6, 6.07) is 2.18. The first kappa shape index (κ1) is 17.6. The molecule has 1 saturated carbocycles. The van der Waals surface area contributed by atoms with Crippen LogP contribution in [0.2, 0.25) is 0 Å². The lowest BCUT2D eigenvalue weighted by Crippen LogP contribution is -2.43. The molecule has 1 aromatic rings. The van der Waals surface area contributed by atoms with Crippen molar-refractivity contribution in [2.24, 2.45) is 0 Å². The van der Waals surface area contributed by atoms with Gasteiger partial charge < -0.3 is 5.32 Å². The smallest absolute Gasteiger partial charge is 0.223 e. The van der Waals surface area contributed by atoms with Crippen molar-refractivity contribution in [2.75, 3.05) is 24.7 Å². The third kappa shape index (κ3) is 4.25. The second-order valence-electron chi connectivity index (χ2n) is 7.12. The number of aromatic nitrogens is 2. The molecule has 1 aliphatic heterocycles. The molecule has 24 heavy (non-hydrogen) atoms. The Morgan fingerprint density at radius 1 is 1.21 bits per heavy atom. The van der Waals surface area contributed by atoms with Crippen LogP contribution in [0.5, 0.6) is 0 Å². The second kappa shape index (κ2) is 7.35. The molecule has 6 nitrogen and oxygen atoms in total. The highest BCUT2D eigenvalue weighted by Crippen LogP contribution is 2.35. The lowest BCUT2D eigenvalue weighted by Gasteiger charge is -2.33. The van der Waals surface area contributed by atoms with Crippen LogP contribution in [0.25, 0.3) is 0 Å². The Morgan fingerprint density at radius 2 is 2.00 bits per heavy atom. The van der Waals surface area contributed by atoms with Crippen molar-refractivity contribution in [3.8, 4) is 0 Å². The maximum absolute atomic E-state index is 11.9. The summed E-state index contributed by atoms with van der Waals surface area (Å²) in [6.45, 7) is 3.35. The summed E-state index contributed by atoms with van der Waals surface area (Å²) in [6.07, 6.45) is 8.85. The minimum absolute atomic E-state index is 0.0946. The van der Waals surface area contributed by atoms with Crippen LogP contribution in [0, 0.1) is 6.92 Å². The number of sulfonamides is 1. The standard InChI is InChI=1S/C17H28N4O2S/c1-13-12-16(14-6-5-7-14)20-17(19-13)18-10-9-15-8-3-4-11-21(15)24(2,22)23/h12,14-15H,3-11H2,1-2H3,(H,18,19,20)/t15-/m0/s1. The van der Waals surface area contributed by atoms with Gasteiger partial charge in [0.05, 0.1) is 6.26 Å². The van der Waals surface area contributed by atoms with Gasteiger partial charge >= 0.3 is 0 Å². The van der Waals surface area contributed by atoms with Crippen LogP contribution in [0.3, 0.4) is 0 Å². The Hall–Kier alpha value is -1.21. The van der Waals surface area contributed by atoms with E-state index in [4.69, 9.17) is 0 Å². The molecule has 0 radical (unpaired) electrons. The molecular weight excluding hydrogens is 324 g/mol. The lowest BCUT2D eigenvalue weighted by atomic mass is 9.83. The summed E-state index contributed by atoms with van der Waals surface area (Å²) in [5.41, 5.74) is 2.14. The fourth-order valence-electron chi connectivity index (χ4n) is 3.63. The van der Waals surface area contributed by atoms with E-state index in [0.29, 0.717) is 25.0 Å². The molecule has 3 rings (SSSR count). The maximum Gasteiger partial charge on any atom is 0.223 e. The predicted octanol–water partition coefficient (Wildman–Crippen LogP) is 2.67. The van der Waals surface area contributed by atoms with Crippen LogP contribution in [-0.2, 0) is 10.0 Å². The van der Waals surface area contributed by atoms with Crippen LogP contribution >= 0.6 is 0 Å². The zero-order valence-electron chi connectivity index (χ0n) is 14.7. The monoisotopic (exact) mass is 352 g/mol. The van der Waals surface area contributed by atoms with Gasteiger partial charge in [-0.05, 0) is 45.1 Å². The van der Waals surface area contributed by atoms with E-state index in [1.807, 2.05) is 6.92 Å². The third-order valence-electron chi connectivity index (χ3n) is 5.16. The Morgan fingerprint density at radius 3 is 2.67 bits per heavy atom. The average molecular weight is 353 g/mol. The summed E-state index contributed by atoms with van der Waals surface area (Å²) < 4.78 is 25.5. The zero-order valence-corrected chi connectivity index (χ0v) is 15.5. The Labute approximate surface area is 145 Å². The largest absolute Gasteiger partial charge is 0.354 e. The molecule has 0 aromatic carbocycles. The van der Waals surface area contributed by atoms with Gasteiger partial charge in [-0.2, -0.15) is 4.31 Å². The molecule has 1 aliphatic carbocycles. The van der Waals surface area contributed by atoms with Crippen molar-refractivity contribution in [1.29, 1.82) is 0 Å². The number of hydrogen-bond donors (Lipinski definition) is 1. The van der Waals surface area contributed by atoms with Crippen molar-refractivity contribution >= 4 is 16.0 Å². The summed E-state index contributed by atoms with van der Waals surface area (Å²) in [4.78, 5) is 9.12. The summed E-state index contributed by atoms with van der Waals surface area (Å²) in [5, 5.41) is 3.30. The van der Waals surface area contributed by atoms with E-state index in [1.54, 1.807) is 4.31 Å². The first-order valence-electron chi connectivity index (χ1n) is 9.00. The van der Waals surface area contributed by atoms with Crippen molar-refractivity contribution in [1.82, 2.24) is 14.3 Å². The molecule has 0 unspecified atom stereocenters. The van der Waals surface area contributed by atoms with Crippen LogP contribution in [0.4, 0.5) is 5.95 Å². The molecule has 2 heterocycles. The van der Waals surface area contributed by atoms with Gasteiger partial charge in [0.25, 0.3) is 0 Å². The quantitative estimate of drug-likeness (QED) is 0.852. The van der Waals surface area contributed by atoms with E-state index in [1.165, 1.54) is 25.5 Å². The van der Waals surface area contributed by atoms with Crippen LogP contribution in [0.1, 0.15) is 62.3 Å². The van der Waals surface area contributed by atoms with E-state index < -0.39 is 10.0 Å². The van der Waals surface area contributed by atoms with Gasteiger partial charge in [-0.3, -0.25) is 0 Å². The molecule has 1 atom stereocenters. The molecule has 2 aliphatic rings. The normalized spacial score (nSPS) is 23.0. The summed E-state index contributed by atoms with van der Waals surface area (Å²) in [5.74, 6) is 1.27. The fraction of sp³-hybridized carbons (Fsp3) is 0.765. The number of piperidine rings is 1. The minimum atomic E-state index is -3.12. The van der Waals surface area contributed by atoms with E-state index in [2.05, 4.69) is 21.4 Å². The first-order chi connectivity index (χ1) is 11.4. The van der Waals surface area contributed by atoms with E-state index in [-0.39, 0.29) is 6.04 Å². The lowest BCUT2D eigenvalue weighted by molar-refractivity contribution is 0.246. The molecule has 1 saturated heterocycles. The molecule has 0 bridgehead atoms. The predicted molar refractivity (Wildman–Crippen MR) is 95.7 cm³/mol. The molecule has 7 heteroatoms. The van der Waals surface area contributed by atoms with Gasteiger partial charge in [-0.1, -0.05) is 12.8 Å². The Bertz CT molecular complexity index is 673. The molecule has 0 amide bonds. The molecule has 2 fully saturated rings. The highest BCUT2D eigenvalue weighted by molar-refractivity contribution is 7.88. The molecular formula is C17H28N4O2S. The number of rotatable bonds is 6. The van der Waals surface area contributed by atoms with Crippen LogP contribution in [-0.4, -0.2) is 48.1 Å². The Kier molecular flexibility index (Phi) is 5.39. The zero-order chi connectivity index (χ0) is 17.2. The topological polar surface area (TPSA) is 75.2 Å². The molecule has 1 N–H and O–H groups in total. The summed E-state index contributed by atoms with van der Waals surface area (Å²) >= 11 is 0. The van der Waals surface area contributed by atoms with Crippen molar-refractivity contribution in [3.05, 3.63) is 17.5 Å². The van der Waals surface area contributed by atoms with Gasteiger partial charge in [0.1, 0.15) is 0 Å². The Balaban J connectivity index is 1.58. The van der Waals surface area contributed by atoms with Gasteiger partial charge in [0.15, 0.2) is 0 Å². The van der Waals surface area contributed by atoms with E-state index in [0.717, 1.165) is 37.1 Å². The number of nitrogens with one attached hydrogen (secondary N) is 1. The van der Waals surface area contributed by atoms with Gasteiger partial charge in [-0.25, -0.2) is 18.4 Å². The second-order valence-corrected chi connectivity index (χ2v) is 9.06. The van der Waals surface area contributed by atoms with Crippen molar-refractivity contribution < 1.29 is 8.42 Å². The first-order valence-corrected chi connectivity index (χ1v) is 10.8. The summed E-state index contributed by atoms with van der Waals surface area (Å²) in [7, 11) is -3.12. The molecule has 134 valence electrons. The average Bonchev–Trinajstić information content (AvgIpc) is 2.44. The minimum Gasteiger partial charge on any atom is -0.354 e. The highest BCUT2D eigenvalue weighted by Gasteiger charge is 2.29. The van der Waals surface area contributed by atoms with Crippen LogP contribution in [0.15, 0.2) is 6.07 Å². The van der Waals surface area contributed by atoms with Crippen LogP contribution < -0.4 is 5.32 Å². The fourth-order valence-corrected chi connectivity index (χ4v) is 4.85. The van der Waals surface area contributed by atoms with Gasteiger partial charge in [0, 0.05) is 36.4 Å². The van der Waals surface area contributed by atoms with Crippen molar-refractivity contribution in [2.45, 2.75) is 63.8 Å². The molecule has 0 spiro atoms. The van der Waals surface area contributed by atoms with Gasteiger partial charge in [0.2, 0.25) is 16.0 Å². The van der Waals surface area contributed by atoms with Gasteiger partial charge in [-0.15, -0.1) is 0 Å². The van der Waals surface area contributed by atoms with E-state index in [9.17, 15) is 8.42 Å². The van der Waals surface area contributed by atoms with E-state index >= 15 is 0 Å². The SMILES string of the molecule is Cc1cc(C2CCC2)nc(NCC[C@@H]2CCCCN2S(C)(=O)=O)n1. The number of nitrogens with zero attached hydrogens (tertiary/aromatic N) is 3. The number of hydrogen-bond acceptors (Lipinski definition) is 5.